The monoisotopic (exact) mass is 234 g/mol. The summed E-state index contributed by atoms with van der Waals surface area (Å²) in [5.41, 5.74) is 0. The van der Waals surface area contributed by atoms with Gasteiger partial charge in [0.25, 0.3) is 0 Å². The smallest absolute Gasteiger partial charge is 0.307 e. The second-order valence-electron chi connectivity index (χ2n) is 4.11. The Morgan fingerprint density at radius 3 is 2.53 bits per heavy atom. The van der Waals surface area contributed by atoms with Crippen molar-refractivity contribution in [2.24, 2.45) is 11.8 Å². The molecule has 15 heavy (non-hydrogen) atoms. The Kier molecular flexibility index (Phi) is 8.91. The summed E-state index contributed by atoms with van der Waals surface area (Å²) in [5.74, 6) is 1.26. The molecule has 0 aromatic carbocycles. The molecule has 3 nitrogen and oxygen atoms in total. The fraction of sp³-hybridized carbons (Fsp3) is 0.909. The highest BCUT2D eigenvalue weighted by atomic mass is 32.2. The fourth-order valence-corrected chi connectivity index (χ4v) is 1.77. The molecule has 0 saturated carbocycles. The normalized spacial score (nSPS) is 13.1. The first kappa shape index (κ1) is 14.8. The van der Waals surface area contributed by atoms with E-state index in [0.29, 0.717) is 11.7 Å². The zero-order chi connectivity index (χ0) is 11.7. The lowest BCUT2D eigenvalue weighted by Crippen LogP contribution is -2.12. The van der Waals surface area contributed by atoms with E-state index in [0.717, 1.165) is 25.4 Å². The minimum Gasteiger partial charge on any atom is -0.481 e. The number of hydrogen-bond acceptors (Lipinski definition) is 3. The predicted molar refractivity (Wildman–Crippen MR) is 64.4 cm³/mol. The van der Waals surface area contributed by atoms with Crippen LogP contribution in [0.1, 0.15) is 27.2 Å². The molecule has 0 aliphatic carbocycles. The van der Waals surface area contributed by atoms with E-state index in [4.69, 9.17) is 9.84 Å². The number of carboxylic acid groups (broad SMARTS) is 1. The number of carboxylic acids is 1. The van der Waals surface area contributed by atoms with Gasteiger partial charge in [0, 0.05) is 18.1 Å². The lowest BCUT2D eigenvalue weighted by molar-refractivity contribution is -0.140. The number of carbonyl (C=O) groups is 1. The van der Waals surface area contributed by atoms with Gasteiger partial charge in [-0.1, -0.05) is 20.8 Å². The lowest BCUT2D eigenvalue weighted by atomic mass is 10.1. The van der Waals surface area contributed by atoms with E-state index in [9.17, 15) is 4.79 Å². The molecule has 0 radical (unpaired) electrons. The van der Waals surface area contributed by atoms with Gasteiger partial charge < -0.3 is 9.84 Å². The third-order valence-corrected chi connectivity index (χ3v) is 3.19. The van der Waals surface area contributed by atoms with Gasteiger partial charge in [-0.2, -0.15) is 11.8 Å². The van der Waals surface area contributed by atoms with E-state index in [1.807, 2.05) is 0 Å². The number of hydrogen-bond donors (Lipinski definition) is 1. The molecule has 0 spiro atoms. The third kappa shape index (κ3) is 10.1. The standard InChI is InChI=1S/C11H22O3S/c1-9(2)4-5-14-6-7-15-8-10(3)11(12)13/h9-10H,4-8H2,1-3H3,(H,12,13). The zero-order valence-electron chi connectivity index (χ0n) is 9.86. The summed E-state index contributed by atoms with van der Waals surface area (Å²) >= 11 is 1.64. The van der Waals surface area contributed by atoms with E-state index in [-0.39, 0.29) is 5.92 Å². The molecule has 1 N–H and O–H groups in total. The van der Waals surface area contributed by atoms with Gasteiger partial charge in [0.1, 0.15) is 0 Å². The number of aliphatic carboxylic acids is 1. The van der Waals surface area contributed by atoms with Crippen LogP contribution in [0, 0.1) is 11.8 Å². The molecule has 4 heteroatoms. The second kappa shape index (κ2) is 9.04. The average Bonchev–Trinajstić information content (AvgIpc) is 2.15. The van der Waals surface area contributed by atoms with Gasteiger partial charge in [-0.15, -0.1) is 0 Å². The molecule has 0 rings (SSSR count). The maximum Gasteiger partial charge on any atom is 0.307 e. The molecular formula is C11H22O3S. The quantitative estimate of drug-likeness (QED) is 0.623. The van der Waals surface area contributed by atoms with Crippen molar-refractivity contribution < 1.29 is 14.6 Å². The van der Waals surface area contributed by atoms with E-state index < -0.39 is 5.97 Å². The topological polar surface area (TPSA) is 46.5 Å². The van der Waals surface area contributed by atoms with Crippen LogP contribution >= 0.6 is 11.8 Å². The van der Waals surface area contributed by atoms with E-state index in [2.05, 4.69) is 13.8 Å². The summed E-state index contributed by atoms with van der Waals surface area (Å²) in [7, 11) is 0. The molecule has 0 aromatic heterocycles. The summed E-state index contributed by atoms with van der Waals surface area (Å²) in [6.07, 6.45) is 1.09. The van der Waals surface area contributed by atoms with Gasteiger partial charge in [-0.3, -0.25) is 4.79 Å². The van der Waals surface area contributed by atoms with Crippen molar-refractivity contribution in [2.75, 3.05) is 24.7 Å². The van der Waals surface area contributed by atoms with Crippen LogP contribution in [0.15, 0.2) is 0 Å². The van der Waals surface area contributed by atoms with Crippen molar-refractivity contribution in [1.29, 1.82) is 0 Å². The van der Waals surface area contributed by atoms with Crippen molar-refractivity contribution in [2.45, 2.75) is 27.2 Å². The molecule has 0 bridgehead atoms. The largest absolute Gasteiger partial charge is 0.481 e. The number of ether oxygens (including phenoxy) is 1. The molecule has 0 aromatic rings. The first-order valence-electron chi connectivity index (χ1n) is 5.42. The van der Waals surface area contributed by atoms with Crippen LogP contribution in [0.3, 0.4) is 0 Å². The van der Waals surface area contributed by atoms with Crippen molar-refractivity contribution in [1.82, 2.24) is 0 Å². The minimum absolute atomic E-state index is 0.259. The lowest BCUT2D eigenvalue weighted by Gasteiger charge is -2.07. The highest BCUT2D eigenvalue weighted by Gasteiger charge is 2.09. The number of thioether (sulfide) groups is 1. The van der Waals surface area contributed by atoms with Crippen LogP contribution in [0.4, 0.5) is 0 Å². The van der Waals surface area contributed by atoms with Gasteiger partial charge in [0.05, 0.1) is 12.5 Å². The van der Waals surface area contributed by atoms with Crippen molar-refractivity contribution >= 4 is 17.7 Å². The molecule has 1 atom stereocenters. The van der Waals surface area contributed by atoms with Gasteiger partial charge >= 0.3 is 5.97 Å². The van der Waals surface area contributed by atoms with Crippen LogP contribution < -0.4 is 0 Å². The summed E-state index contributed by atoms with van der Waals surface area (Å²) in [6, 6.07) is 0. The Morgan fingerprint density at radius 1 is 1.33 bits per heavy atom. The van der Waals surface area contributed by atoms with Crippen molar-refractivity contribution in [3.05, 3.63) is 0 Å². The van der Waals surface area contributed by atoms with Gasteiger partial charge in [-0.05, 0) is 12.3 Å². The molecule has 0 saturated heterocycles. The molecule has 0 aliphatic heterocycles. The molecule has 0 aliphatic rings. The maximum absolute atomic E-state index is 10.5. The Bertz CT molecular complexity index is 171. The molecule has 0 amide bonds. The number of rotatable bonds is 9. The predicted octanol–water partition coefficient (Wildman–Crippen LogP) is 2.50. The Morgan fingerprint density at radius 2 is 2.00 bits per heavy atom. The highest BCUT2D eigenvalue weighted by molar-refractivity contribution is 7.99. The first-order valence-corrected chi connectivity index (χ1v) is 6.57. The first-order chi connectivity index (χ1) is 7.04. The second-order valence-corrected chi connectivity index (χ2v) is 5.26. The summed E-state index contributed by atoms with van der Waals surface area (Å²) < 4.78 is 5.42. The Labute approximate surface area is 96.6 Å². The van der Waals surface area contributed by atoms with E-state index in [1.54, 1.807) is 18.7 Å². The Balaban J connectivity index is 3.15. The maximum atomic E-state index is 10.5. The molecular weight excluding hydrogens is 212 g/mol. The summed E-state index contributed by atoms with van der Waals surface area (Å²) in [4.78, 5) is 10.5. The molecule has 0 fully saturated rings. The van der Waals surface area contributed by atoms with Crippen molar-refractivity contribution in [3.63, 3.8) is 0 Å². The molecule has 1 unspecified atom stereocenters. The van der Waals surface area contributed by atoms with Crippen LogP contribution in [-0.2, 0) is 9.53 Å². The Hall–Kier alpha value is -0.220. The summed E-state index contributed by atoms with van der Waals surface area (Å²) in [6.45, 7) is 7.62. The van der Waals surface area contributed by atoms with Crippen LogP contribution in [0.25, 0.3) is 0 Å². The van der Waals surface area contributed by atoms with Crippen LogP contribution in [0.2, 0.25) is 0 Å². The summed E-state index contributed by atoms with van der Waals surface area (Å²) in [5, 5.41) is 8.64. The van der Waals surface area contributed by atoms with E-state index in [1.165, 1.54) is 0 Å². The van der Waals surface area contributed by atoms with Gasteiger partial charge in [0.15, 0.2) is 0 Å². The molecule has 90 valence electrons. The zero-order valence-corrected chi connectivity index (χ0v) is 10.7. The van der Waals surface area contributed by atoms with Crippen LogP contribution in [0.5, 0.6) is 0 Å². The fourth-order valence-electron chi connectivity index (χ4n) is 0.870. The third-order valence-electron chi connectivity index (χ3n) is 2.00. The van der Waals surface area contributed by atoms with Crippen LogP contribution in [-0.4, -0.2) is 35.8 Å². The SMILES string of the molecule is CC(C)CCOCCSCC(C)C(=O)O. The molecule has 0 heterocycles. The van der Waals surface area contributed by atoms with Gasteiger partial charge in [-0.25, -0.2) is 0 Å². The van der Waals surface area contributed by atoms with Crippen molar-refractivity contribution in [3.8, 4) is 0 Å². The van der Waals surface area contributed by atoms with E-state index >= 15 is 0 Å². The average molecular weight is 234 g/mol. The van der Waals surface area contributed by atoms with Gasteiger partial charge in [0.2, 0.25) is 0 Å². The minimum atomic E-state index is -0.719. The highest BCUT2D eigenvalue weighted by Crippen LogP contribution is 2.08.